The van der Waals surface area contributed by atoms with Gasteiger partial charge in [-0.2, -0.15) is 0 Å². The van der Waals surface area contributed by atoms with Crippen LogP contribution in [0.4, 0.5) is 0 Å². The summed E-state index contributed by atoms with van der Waals surface area (Å²) in [5.41, 5.74) is 0. The van der Waals surface area contributed by atoms with Crippen molar-refractivity contribution in [3.8, 4) is 0 Å². The molecule has 0 saturated carbocycles. The van der Waals surface area contributed by atoms with E-state index in [9.17, 15) is 33.6 Å². The Bertz CT molecular complexity index is 718. The third-order valence-corrected chi connectivity index (χ3v) is 4.16. The highest BCUT2D eigenvalue weighted by Crippen LogP contribution is 2.14. The zero-order valence-electron chi connectivity index (χ0n) is 17.4. The number of carbonyl (C=O) groups is 7. The second kappa shape index (κ2) is 14.0. The topological polar surface area (TPSA) is 185 Å². The maximum Gasteiger partial charge on any atom is 0.333 e. The summed E-state index contributed by atoms with van der Waals surface area (Å²) in [6.45, 7) is -0.336. The summed E-state index contributed by atoms with van der Waals surface area (Å²) in [5, 5.41) is 17.9. The Morgan fingerprint density at radius 3 is 1.41 bits per heavy atom. The molecule has 0 unspecified atom stereocenters. The molecule has 2 heterocycles. The quantitative estimate of drug-likeness (QED) is 0.365. The van der Waals surface area contributed by atoms with Gasteiger partial charge in [-0.3, -0.25) is 24.0 Å². The number of carbonyl (C=O) groups excluding carboxylic acids is 7. The van der Waals surface area contributed by atoms with E-state index in [4.69, 9.17) is 10.2 Å². The van der Waals surface area contributed by atoms with Crippen molar-refractivity contribution < 1.29 is 53.4 Å². The van der Waals surface area contributed by atoms with Gasteiger partial charge in [0.05, 0.1) is 6.42 Å². The monoisotopic (exact) mass is 458 g/mol. The predicted octanol–water partition coefficient (Wildman–Crippen LogP) is -0.918. The van der Waals surface area contributed by atoms with Crippen LogP contribution in [0.3, 0.4) is 0 Å². The molecule has 2 saturated heterocycles. The van der Waals surface area contributed by atoms with Crippen molar-refractivity contribution >= 4 is 41.4 Å². The van der Waals surface area contributed by atoms with Crippen LogP contribution >= 0.6 is 0 Å². The van der Waals surface area contributed by atoms with E-state index in [2.05, 4.69) is 9.68 Å². The number of imide groups is 2. The lowest BCUT2D eigenvalue weighted by Gasteiger charge is -2.12. The lowest BCUT2D eigenvalue weighted by molar-refractivity contribution is -0.197. The predicted molar refractivity (Wildman–Crippen MR) is 101 cm³/mol. The Morgan fingerprint density at radius 2 is 1.03 bits per heavy atom. The molecule has 2 rings (SSSR count). The van der Waals surface area contributed by atoms with Crippen LogP contribution < -0.4 is 0 Å². The zero-order chi connectivity index (χ0) is 24.1. The van der Waals surface area contributed by atoms with E-state index in [-0.39, 0.29) is 83.2 Å². The molecule has 0 aliphatic carbocycles. The van der Waals surface area contributed by atoms with E-state index in [1.165, 1.54) is 0 Å². The Balaban J connectivity index is 0.000000330. The molecule has 13 heteroatoms. The van der Waals surface area contributed by atoms with Gasteiger partial charge in [-0.15, -0.1) is 10.1 Å². The van der Waals surface area contributed by atoms with Crippen LogP contribution in [-0.2, 0) is 43.2 Å². The van der Waals surface area contributed by atoms with Gasteiger partial charge in [0.25, 0.3) is 23.6 Å². The highest BCUT2D eigenvalue weighted by Gasteiger charge is 2.33. The summed E-state index contributed by atoms with van der Waals surface area (Å²) >= 11 is 0. The second-order valence-corrected chi connectivity index (χ2v) is 6.78. The minimum Gasteiger partial charge on any atom is -0.396 e. The number of hydrogen-bond donors (Lipinski definition) is 2. The fraction of sp³-hybridized carbons (Fsp3) is 0.632. The van der Waals surface area contributed by atoms with Crippen LogP contribution in [0.25, 0.3) is 0 Å². The summed E-state index contributed by atoms with van der Waals surface area (Å²) in [6, 6.07) is 0. The Kier molecular flexibility index (Phi) is 11.7. The summed E-state index contributed by atoms with van der Waals surface area (Å²) in [6.07, 6.45) is 1.00. The van der Waals surface area contributed by atoms with Crippen LogP contribution in [0, 0.1) is 0 Å². The molecule has 2 aliphatic rings. The molecule has 0 aromatic carbocycles. The number of Topliss-reactive ketones (excluding diaryl/α,β-unsaturated/α-hetero) is 1. The third-order valence-electron chi connectivity index (χ3n) is 4.16. The van der Waals surface area contributed by atoms with Crippen LogP contribution in [0.5, 0.6) is 0 Å². The van der Waals surface area contributed by atoms with Crippen molar-refractivity contribution in [1.82, 2.24) is 10.1 Å². The molecule has 0 spiro atoms. The lowest BCUT2D eigenvalue weighted by Crippen LogP contribution is -2.32. The first-order valence-electron chi connectivity index (χ1n) is 10.1. The first kappa shape index (κ1) is 26.8. The van der Waals surface area contributed by atoms with Crippen LogP contribution in [0.15, 0.2) is 0 Å². The Hall–Kier alpha value is -3.19. The largest absolute Gasteiger partial charge is 0.396 e. The molecular formula is C19H26N2O11. The fourth-order valence-corrected chi connectivity index (χ4v) is 2.51. The first-order valence-corrected chi connectivity index (χ1v) is 10.1. The van der Waals surface area contributed by atoms with Crippen molar-refractivity contribution in [3.63, 3.8) is 0 Å². The van der Waals surface area contributed by atoms with Crippen LogP contribution in [0.2, 0.25) is 0 Å². The van der Waals surface area contributed by atoms with Gasteiger partial charge >= 0.3 is 11.9 Å². The molecule has 2 N–H and O–H groups in total. The van der Waals surface area contributed by atoms with Crippen LogP contribution in [-0.4, -0.2) is 74.9 Å². The normalized spacial score (nSPS) is 15.6. The van der Waals surface area contributed by atoms with Gasteiger partial charge in [-0.1, -0.05) is 0 Å². The van der Waals surface area contributed by atoms with Gasteiger partial charge in [0.1, 0.15) is 5.78 Å². The van der Waals surface area contributed by atoms with E-state index >= 15 is 0 Å². The molecule has 2 fully saturated rings. The number of hydroxylamine groups is 4. The van der Waals surface area contributed by atoms with Gasteiger partial charge in [0.2, 0.25) is 0 Å². The molecule has 0 aromatic heterocycles. The molecule has 0 radical (unpaired) electrons. The third kappa shape index (κ3) is 9.31. The number of amides is 4. The van der Waals surface area contributed by atoms with E-state index in [1.54, 1.807) is 0 Å². The van der Waals surface area contributed by atoms with Gasteiger partial charge < -0.3 is 19.9 Å². The van der Waals surface area contributed by atoms with Crippen molar-refractivity contribution in [1.29, 1.82) is 0 Å². The molecule has 32 heavy (non-hydrogen) atoms. The number of aliphatic hydroxyl groups is 2. The number of aliphatic hydroxyl groups excluding tert-OH is 2. The molecule has 0 atom stereocenters. The average Bonchev–Trinajstić information content (AvgIpc) is 3.23. The smallest absolute Gasteiger partial charge is 0.333 e. The summed E-state index contributed by atoms with van der Waals surface area (Å²) in [7, 11) is 0. The SMILES string of the molecule is O=C(CCCO)ON1C(=O)CCC1=O.O=C(CCO)CCCC(=O)ON1C(=O)CCC1=O. The highest BCUT2D eigenvalue weighted by atomic mass is 16.7. The summed E-state index contributed by atoms with van der Waals surface area (Å²) < 4.78 is 0. The fourth-order valence-electron chi connectivity index (χ4n) is 2.51. The number of ketones is 1. The van der Waals surface area contributed by atoms with Crippen LogP contribution in [0.1, 0.15) is 64.2 Å². The molecule has 0 bridgehead atoms. The number of rotatable bonds is 11. The minimum atomic E-state index is -0.713. The molecule has 178 valence electrons. The molecular weight excluding hydrogens is 432 g/mol. The Morgan fingerprint density at radius 1 is 0.625 bits per heavy atom. The maximum absolute atomic E-state index is 11.3. The minimum absolute atomic E-state index is 0.00639. The molecule has 4 amide bonds. The van der Waals surface area contributed by atoms with Gasteiger partial charge in [0.15, 0.2) is 0 Å². The maximum atomic E-state index is 11.3. The molecule has 13 nitrogen and oxygen atoms in total. The van der Waals surface area contributed by atoms with Crippen molar-refractivity contribution in [2.45, 2.75) is 64.2 Å². The second-order valence-electron chi connectivity index (χ2n) is 6.78. The van der Waals surface area contributed by atoms with Crippen molar-refractivity contribution in [2.24, 2.45) is 0 Å². The summed E-state index contributed by atoms with van der Waals surface area (Å²) in [4.78, 5) is 86.7. The summed E-state index contributed by atoms with van der Waals surface area (Å²) in [5.74, 6) is -3.56. The van der Waals surface area contributed by atoms with E-state index in [1.807, 2.05) is 0 Å². The van der Waals surface area contributed by atoms with E-state index in [0.717, 1.165) is 0 Å². The highest BCUT2D eigenvalue weighted by molar-refractivity contribution is 6.02. The lowest BCUT2D eigenvalue weighted by atomic mass is 10.1. The Labute approximate surface area is 183 Å². The van der Waals surface area contributed by atoms with E-state index in [0.29, 0.717) is 10.1 Å². The molecule has 0 aromatic rings. The van der Waals surface area contributed by atoms with Gasteiger partial charge in [-0.05, 0) is 12.8 Å². The first-order chi connectivity index (χ1) is 15.2. The zero-order valence-corrected chi connectivity index (χ0v) is 17.4. The average molecular weight is 458 g/mol. The van der Waals surface area contributed by atoms with Crippen molar-refractivity contribution in [2.75, 3.05) is 13.2 Å². The van der Waals surface area contributed by atoms with Gasteiger partial charge in [0, 0.05) is 58.2 Å². The number of nitrogens with zero attached hydrogens (tertiary/aromatic N) is 2. The number of hydrogen-bond acceptors (Lipinski definition) is 11. The molecule has 2 aliphatic heterocycles. The van der Waals surface area contributed by atoms with Crippen molar-refractivity contribution in [3.05, 3.63) is 0 Å². The van der Waals surface area contributed by atoms with Gasteiger partial charge in [-0.25, -0.2) is 9.59 Å². The van der Waals surface area contributed by atoms with E-state index < -0.39 is 35.6 Å². The standard InChI is InChI=1S/C11H15NO6.C8H11NO5/c13-7-6-8(14)2-1-3-11(17)18-12-9(15)4-5-10(12)16;10-5-1-2-8(13)14-9-6(11)3-4-7(9)12/h13H,1-7H2;10H,1-5H2.